The second-order valence-corrected chi connectivity index (χ2v) is 6.13. The van der Waals surface area contributed by atoms with Gasteiger partial charge in [0, 0.05) is 13.1 Å². The highest BCUT2D eigenvalue weighted by Gasteiger charge is 2.43. The van der Waals surface area contributed by atoms with Gasteiger partial charge in [-0.2, -0.15) is 0 Å². The summed E-state index contributed by atoms with van der Waals surface area (Å²) in [5.41, 5.74) is 0. The van der Waals surface area contributed by atoms with Crippen molar-refractivity contribution in [2.75, 3.05) is 13.1 Å². The smallest absolute Gasteiger partial charge is 0.307 e. The van der Waals surface area contributed by atoms with Crippen LogP contribution in [0.3, 0.4) is 0 Å². The molecule has 1 saturated heterocycles. The van der Waals surface area contributed by atoms with Crippen molar-refractivity contribution in [1.82, 2.24) is 4.90 Å². The molecule has 2 aliphatic rings. The SMILES string of the molecule is CC1CC(C(=O)O)C(C(=O)N2C[C@@H](C)O[C@@H](C)C2)C1. The third-order valence-electron chi connectivity index (χ3n) is 4.16. The summed E-state index contributed by atoms with van der Waals surface area (Å²) in [6.07, 6.45) is 1.35. The van der Waals surface area contributed by atoms with Crippen LogP contribution in [-0.4, -0.2) is 47.2 Å². The van der Waals surface area contributed by atoms with E-state index in [-0.39, 0.29) is 24.0 Å². The van der Waals surface area contributed by atoms with Gasteiger partial charge in [-0.25, -0.2) is 0 Å². The van der Waals surface area contributed by atoms with Crippen molar-refractivity contribution in [2.24, 2.45) is 17.8 Å². The Morgan fingerprint density at radius 2 is 1.58 bits per heavy atom. The van der Waals surface area contributed by atoms with Crippen LogP contribution in [0.4, 0.5) is 0 Å². The molecule has 5 heteroatoms. The van der Waals surface area contributed by atoms with Gasteiger partial charge in [0.15, 0.2) is 0 Å². The van der Waals surface area contributed by atoms with Crippen LogP contribution in [0, 0.1) is 17.8 Å². The molecule has 2 fully saturated rings. The first-order valence-electron chi connectivity index (χ1n) is 7.05. The minimum Gasteiger partial charge on any atom is -0.481 e. The number of carbonyl (C=O) groups excluding carboxylic acids is 1. The molecule has 0 radical (unpaired) electrons. The molecule has 19 heavy (non-hydrogen) atoms. The second-order valence-electron chi connectivity index (χ2n) is 6.13. The zero-order valence-corrected chi connectivity index (χ0v) is 11.8. The molecule has 0 aromatic rings. The molecule has 0 bridgehead atoms. The number of carbonyl (C=O) groups is 2. The number of aliphatic carboxylic acids is 1. The maximum atomic E-state index is 12.6. The maximum Gasteiger partial charge on any atom is 0.307 e. The number of rotatable bonds is 2. The quantitative estimate of drug-likeness (QED) is 0.822. The molecule has 2 rings (SSSR count). The van der Waals surface area contributed by atoms with Crippen LogP contribution in [-0.2, 0) is 14.3 Å². The lowest BCUT2D eigenvalue weighted by atomic mass is 9.94. The van der Waals surface area contributed by atoms with Crippen LogP contribution in [0.2, 0.25) is 0 Å². The molecule has 1 heterocycles. The van der Waals surface area contributed by atoms with E-state index in [2.05, 4.69) is 0 Å². The summed E-state index contributed by atoms with van der Waals surface area (Å²) in [4.78, 5) is 25.6. The Hall–Kier alpha value is -1.10. The Balaban J connectivity index is 2.07. The summed E-state index contributed by atoms with van der Waals surface area (Å²) >= 11 is 0. The van der Waals surface area contributed by atoms with Gasteiger partial charge in [0.25, 0.3) is 0 Å². The Labute approximate surface area is 113 Å². The van der Waals surface area contributed by atoms with E-state index in [1.807, 2.05) is 20.8 Å². The highest BCUT2D eigenvalue weighted by molar-refractivity contribution is 5.85. The molecule has 3 unspecified atom stereocenters. The molecule has 0 spiro atoms. The predicted octanol–water partition coefficient (Wildman–Crippen LogP) is 1.37. The van der Waals surface area contributed by atoms with Gasteiger partial charge in [0.2, 0.25) is 5.91 Å². The van der Waals surface area contributed by atoms with Crippen LogP contribution in [0.5, 0.6) is 0 Å². The first-order valence-corrected chi connectivity index (χ1v) is 7.05. The summed E-state index contributed by atoms with van der Waals surface area (Å²) in [6, 6.07) is 0. The first kappa shape index (κ1) is 14.3. The molecule has 0 aromatic heterocycles. The topological polar surface area (TPSA) is 66.8 Å². The zero-order valence-electron chi connectivity index (χ0n) is 11.8. The lowest BCUT2D eigenvalue weighted by molar-refractivity contribution is -0.154. The monoisotopic (exact) mass is 269 g/mol. The minimum absolute atomic E-state index is 0.00116. The normalized spacial score (nSPS) is 39.3. The lowest BCUT2D eigenvalue weighted by Crippen LogP contribution is -2.50. The highest BCUT2D eigenvalue weighted by atomic mass is 16.5. The number of nitrogens with zero attached hydrogens (tertiary/aromatic N) is 1. The highest BCUT2D eigenvalue weighted by Crippen LogP contribution is 2.37. The predicted molar refractivity (Wildman–Crippen MR) is 69.6 cm³/mol. The minimum atomic E-state index is -0.836. The van der Waals surface area contributed by atoms with E-state index in [0.29, 0.717) is 31.8 Å². The number of amides is 1. The van der Waals surface area contributed by atoms with Gasteiger partial charge in [-0.1, -0.05) is 6.92 Å². The van der Waals surface area contributed by atoms with Gasteiger partial charge < -0.3 is 14.7 Å². The molecule has 108 valence electrons. The lowest BCUT2D eigenvalue weighted by Gasteiger charge is -2.37. The number of carboxylic acid groups (broad SMARTS) is 1. The largest absolute Gasteiger partial charge is 0.481 e. The van der Waals surface area contributed by atoms with Crippen molar-refractivity contribution in [2.45, 2.75) is 45.8 Å². The van der Waals surface area contributed by atoms with Gasteiger partial charge in [-0.3, -0.25) is 9.59 Å². The summed E-state index contributed by atoms with van der Waals surface area (Å²) in [7, 11) is 0. The maximum absolute atomic E-state index is 12.6. The van der Waals surface area contributed by atoms with E-state index >= 15 is 0 Å². The molecular formula is C14H23NO4. The second kappa shape index (κ2) is 5.49. The third kappa shape index (κ3) is 3.08. The first-order chi connectivity index (χ1) is 8.88. The summed E-state index contributed by atoms with van der Waals surface area (Å²) in [6.45, 7) is 7.05. The van der Waals surface area contributed by atoms with Crippen molar-refractivity contribution < 1.29 is 19.4 Å². The number of hydrogen-bond donors (Lipinski definition) is 1. The van der Waals surface area contributed by atoms with E-state index < -0.39 is 11.9 Å². The van der Waals surface area contributed by atoms with Crippen LogP contribution in [0.25, 0.3) is 0 Å². The van der Waals surface area contributed by atoms with E-state index in [0.717, 1.165) is 0 Å². The van der Waals surface area contributed by atoms with Gasteiger partial charge in [-0.05, 0) is 32.6 Å². The standard InChI is InChI=1S/C14H23NO4/c1-8-4-11(12(5-8)14(17)18)13(16)15-6-9(2)19-10(3)7-15/h8-12H,4-7H2,1-3H3,(H,17,18)/t8?,9-,10+,11?,12?. The fourth-order valence-corrected chi connectivity index (χ4v) is 3.43. The summed E-state index contributed by atoms with van der Waals surface area (Å²) in [5.74, 6) is -1.40. The molecule has 1 aliphatic carbocycles. The fraction of sp³-hybridized carbons (Fsp3) is 0.857. The van der Waals surface area contributed by atoms with Gasteiger partial charge in [0.1, 0.15) is 0 Å². The van der Waals surface area contributed by atoms with Crippen molar-refractivity contribution in [3.05, 3.63) is 0 Å². The molecule has 1 N–H and O–H groups in total. The van der Waals surface area contributed by atoms with Crippen LogP contribution in [0.15, 0.2) is 0 Å². The molecule has 0 aromatic carbocycles. The molecule has 5 atom stereocenters. The molecule has 1 aliphatic heterocycles. The number of ether oxygens (including phenoxy) is 1. The van der Waals surface area contributed by atoms with Gasteiger partial charge >= 0.3 is 5.97 Å². The van der Waals surface area contributed by atoms with Crippen molar-refractivity contribution in [1.29, 1.82) is 0 Å². The van der Waals surface area contributed by atoms with Crippen LogP contribution < -0.4 is 0 Å². The Morgan fingerprint density at radius 3 is 2.11 bits per heavy atom. The van der Waals surface area contributed by atoms with E-state index in [1.54, 1.807) is 4.90 Å². The van der Waals surface area contributed by atoms with E-state index in [9.17, 15) is 14.7 Å². The van der Waals surface area contributed by atoms with E-state index in [1.165, 1.54) is 0 Å². The van der Waals surface area contributed by atoms with Crippen molar-refractivity contribution in [3.63, 3.8) is 0 Å². The third-order valence-corrected chi connectivity index (χ3v) is 4.16. The molecule has 5 nitrogen and oxygen atoms in total. The number of carboxylic acids is 1. The number of morpholine rings is 1. The van der Waals surface area contributed by atoms with Gasteiger partial charge in [-0.15, -0.1) is 0 Å². The molecule has 1 amide bonds. The summed E-state index contributed by atoms with van der Waals surface area (Å²) < 4.78 is 5.61. The average Bonchev–Trinajstić information content (AvgIpc) is 2.69. The number of hydrogen-bond acceptors (Lipinski definition) is 3. The Morgan fingerprint density at radius 1 is 1.05 bits per heavy atom. The zero-order chi connectivity index (χ0) is 14.2. The molecule has 1 saturated carbocycles. The van der Waals surface area contributed by atoms with Gasteiger partial charge in [0.05, 0.1) is 24.0 Å². The van der Waals surface area contributed by atoms with Crippen LogP contribution >= 0.6 is 0 Å². The van der Waals surface area contributed by atoms with Crippen molar-refractivity contribution >= 4 is 11.9 Å². The van der Waals surface area contributed by atoms with E-state index in [4.69, 9.17) is 4.74 Å². The average molecular weight is 269 g/mol. The van der Waals surface area contributed by atoms with Crippen molar-refractivity contribution in [3.8, 4) is 0 Å². The van der Waals surface area contributed by atoms with Crippen LogP contribution in [0.1, 0.15) is 33.6 Å². The summed E-state index contributed by atoms with van der Waals surface area (Å²) in [5, 5.41) is 9.26. The Kier molecular flexibility index (Phi) is 4.13. The molecular weight excluding hydrogens is 246 g/mol. The fourth-order valence-electron chi connectivity index (χ4n) is 3.43. The Bertz CT molecular complexity index is 360.